The van der Waals surface area contributed by atoms with Crippen molar-refractivity contribution in [2.75, 3.05) is 27.9 Å². The molecule has 150 valence electrons. The van der Waals surface area contributed by atoms with Gasteiger partial charge in [0, 0.05) is 18.7 Å². The Kier molecular flexibility index (Phi) is 7.44. The molecule has 0 saturated heterocycles. The summed E-state index contributed by atoms with van der Waals surface area (Å²) in [6, 6.07) is 13.0. The second kappa shape index (κ2) is 9.78. The first-order valence-electron chi connectivity index (χ1n) is 9.04. The lowest BCUT2D eigenvalue weighted by Gasteiger charge is -2.26. The number of methoxy groups -OCH3 is 3. The van der Waals surface area contributed by atoms with Crippen LogP contribution in [0.1, 0.15) is 28.4 Å². The third kappa shape index (κ3) is 5.25. The van der Waals surface area contributed by atoms with E-state index in [1.807, 2.05) is 31.2 Å². The summed E-state index contributed by atoms with van der Waals surface area (Å²) in [4.78, 5) is 26.7. The number of esters is 1. The van der Waals surface area contributed by atoms with Crippen LogP contribution in [0.3, 0.4) is 0 Å². The van der Waals surface area contributed by atoms with E-state index in [9.17, 15) is 9.59 Å². The topological polar surface area (TPSA) is 65.1 Å². The van der Waals surface area contributed by atoms with Gasteiger partial charge in [0.1, 0.15) is 0 Å². The Morgan fingerprint density at radius 3 is 2.18 bits per heavy atom. The summed E-state index contributed by atoms with van der Waals surface area (Å²) >= 11 is 0. The molecule has 0 aliphatic carbocycles. The number of carbonyl (C=O) groups is 2. The minimum atomic E-state index is -0.445. The standard InChI is InChI=1S/C22H27NO5/c1-15-6-8-17(9-7-15)14-23(13-16(2)22(25)28-5)21(24)18-10-11-19(26-3)20(12-18)27-4/h6-12,16H,13-14H2,1-5H3. The van der Waals surface area contributed by atoms with Crippen LogP contribution in [0.4, 0.5) is 0 Å². The highest BCUT2D eigenvalue weighted by Crippen LogP contribution is 2.28. The van der Waals surface area contributed by atoms with Gasteiger partial charge in [-0.05, 0) is 30.7 Å². The van der Waals surface area contributed by atoms with Gasteiger partial charge in [-0.15, -0.1) is 0 Å². The molecule has 0 aliphatic heterocycles. The van der Waals surface area contributed by atoms with Crippen LogP contribution in [-0.4, -0.2) is 44.7 Å². The number of benzene rings is 2. The van der Waals surface area contributed by atoms with Crippen molar-refractivity contribution in [2.24, 2.45) is 5.92 Å². The average molecular weight is 385 g/mol. The maximum absolute atomic E-state index is 13.2. The van der Waals surface area contributed by atoms with Crippen molar-refractivity contribution in [3.05, 3.63) is 59.2 Å². The molecule has 0 radical (unpaired) electrons. The molecule has 2 rings (SSSR count). The van der Waals surface area contributed by atoms with Crippen LogP contribution in [0.15, 0.2) is 42.5 Å². The fourth-order valence-electron chi connectivity index (χ4n) is 2.89. The summed E-state index contributed by atoms with van der Waals surface area (Å²) in [5.74, 6) is 0.0301. The van der Waals surface area contributed by atoms with Crippen molar-refractivity contribution in [1.29, 1.82) is 0 Å². The van der Waals surface area contributed by atoms with Crippen molar-refractivity contribution in [1.82, 2.24) is 4.90 Å². The monoisotopic (exact) mass is 385 g/mol. The zero-order valence-corrected chi connectivity index (χ0v) is 17.0. The van der Waals surface area contributed by atoms with E-state index in [-0.39, 0.29) is 18.4 Å². The molecule has 0 bridgehead atoms. The third-order valence-corrected chi connectivity index (χ3v) is 4.51. The zero-order chi connectivity index (χ0) is 20.7. The van der Waals surface area contributed by atoms with E-state index in [1.54, 1.807) is 37.1 Å². The van der Waals surface area contributed by atoms with Crippen molar-refractivity contribution in [2.45, 2.75) is 20.4 Å². The molecule has 6 heteroatoms. The first-order valence-corrected chi connectivity index (χ1v) is 9.04. The van der Waals surface area contributed by atoms with Crippen LogP contribution >= 0.6 is 0 Å². The van der Waals surface area contributed by atoms with E-state index in [2.05, 4.69) is 0 Å². The largest absolute Gasteiger partial charge is 0.493 e. The van der Waals surface area contributed by atoms with Gasteiger partial charge in [0.05, 0.1) is 27.2 Å². The fraction of sp³-hybridized carbons (Fsp3) is 0.364. The average Bonchev–Trinajstić information content (AvgIpc) is 2.72. The Morgan fingerprint density at radius 1 is 0.964 bits per heavy atom. The van der Waals surface area contributed by atoms with E-state index in [0.717, 1.165) is 11.1 Å². The summed E-state index contributed by atoms with van der Waals surface area (Å²) in [5, 5.41) is 0. The summed E-state index contributed by atoms with van der Waals surface area (Å²) in [6.45, 7) is 4.38. The molecule has 2 aromatic rings. The minimum Gasteiger partial charge on any atom is -0.493 e. The normalized spacial score (nSPS) is 11.5. The van der Waals surface area contributed by atoms with Crippen molar-refractivity contribution >= 4 is 11.9 Å². The summed E-state index contributed by atoms with van der Waals surface area (Å²) in [5.41, 5.74) is 2.59. The molecule has 0 aliphatic rings. The lowest BCUT2D eigenvalue weighted by Crippen LogP contribution is -2.36. The molecule has 1 atom stereocenters. The Balaban J connectivity index is 2.32. The highest BCUT2D eigenvalue weighted by atomic mass is 16.5. The first kappa shape index (κ1) is 21.3. The molecular formula is C22H27NO5. The molecule has 1 amide bonds. The number of aryl methyl sites for hydroxylation is 1. The number of carbonyl (C=O) groups excluding carboxylic acids is 2. The summed E-state index contributed by atoms with van der Waals surface area (Å²) in [7, 11) is 4.41. The maximum atomic E-state index is 13.2. The van der Waals surface area contributed by atoms with E-state index in [4.69, 9.17) is 14.2 Å². The molecular weight excluding hydrogens is 358 g/mol. The van der Waals surface area contributed by atoms with Crippen LogP contribution < -0.4 is 9.47 Å². The van der Waals surface area contributed by atoms with Gasteiger partial charge in [0.2, 0.25) is 0 Å². The summed E-state index contributed by atoms with van der Waals surface area (Å²) < 4.78 is 15.4. The molecule has 0 saturated carbocycles. The maximum Gasteiger partial charge on any atom is 0.310 e. The van der Waals surface area contributed by atoms with Crippen molar-refractivity contribution < 1.29 is 23.8 Å². The van der Waals surface area contributed by atoms with E-state index in [1.165, 1.54) is 14.2 Å². The molecule has 0 heterocycles. The first-order chi connectivity index (χ1) is 13.4. The van der Waals surface area contributed by atoms with Gasteiger partial charge < -0.3 is 19.1 Å². The van der Waals surface area contributed by atoms with Gasteiger partial charge in [0.25, 0.3) is 5.91 Å². The van der Waals surface area contributed by atoms with Gasteiger partial charge in [-0.25, -0.2) is 0 Å². The van der Waals surface area contributed by atoms with E-state index >= 15 is 0 Å². The van der Waals surface area contributed by atoms with Crippen LogP contribution in [0.25, 0.3) is 0 Å². The number of nitrogens with zero attached hydrogens (tertiary/aromatic N) is 1. The zero-order valence-electron chi connectivity index (χ0n) is 17.0. The van der Waals surface area contributed by atoms with Gasteiger partial charge >= 0.3 is 5.97 Å². The Bertz CT molecular complexity index is 816. The second-order valence-electron chi connectivity index (χ2n) is 6.67. The van der Waals surface area contributed by atoms with Gasteiger partial charge in [0.15, 0.2) is 11.5 Å². The number of amides is 1. The van der Waals surface area contributed by atoms with Crippen molar-refractivity contribution in [3.8, 4) is 11.5 Å². The van der Waals surface area contributed by atoms with Crippen LogP contribution in [0, 0.1) is 12.8 Å². The predicted octanol–water partition coefficient (Wildman–Crippen LogP) is 3.46. The second-order valence-corrected chi connectivity index (χ2v) is 6.67. The fourth-order valence-corrected chi connectivity index (χ4v) is 2.89. The molecule has 0 fully saturated rings. The summed E-state index contributed by atoms with van der Waals surface area (Å²) in [6.07, 6.45) is 0. The smallest absolute Gasteiger partial charge is 0.310 e. The Hall–Kier alpha value is -3.02. The van der Waals surface area contributed by atoms with E-state index in [0.29, 0.717) is 23.6 Å². The Morgan fingerprint density at radius 2 is 1.61 bits per heavy atom. The van der Waals surface area contributed by atoms with E-state index < -0.39 is 5.92 Å². The quantitative estimate of drug-likeness (QED) is 0.651. The molecule has 1 unspecified atom stereocenters. The van der Waals surface area contributed by atoms with Crippen molar-refractivity contribution in [3.63, 3.8) is 0 Å². The highest BCUT2D eigenvalue weighted by Gasteiger charge is 2.23. The molecule has 0 aromatic heterocycles. The molecule has 0 N–H and O–H groups in total. The number of hydrogen-bond acceptors (Lipinski definition) is 5. The van der Waals surface area contributed by atoms with Crippen LogP contribution in [-0.2, 0) is 16.1 Å². The number of rotatable bonds is 8. The molecule has 28 heavy (non-hydrogen) atoms. The Labute approximate surface area is 166 Å². The highest BCUT2D eigenvalue weighted by molar-refractivity contribution is 5.95. The van der Waals surface area contributed by atoms with Crippen LogP contribution in [0.2, 0.25) is 0 Å². The third-order valence-electron chi connectivity index (χ3n) is 4.51. The van der Waals surface area contributed by atoms with Gasteiger partial charge in [-0.3, -0.25) is 9.59 Å². The van der Waals surface area contributed by atoms with Gasteiger partial charge in [-0.2, -0.15) is 0 Å². The number of ether oxygens (including phenoxy) is 3. The van der Waals surface area contributed by atoms with Crippen LogP contribution in [0.5, 0.6) is 11.5 Å². The predicted molar refractivity (Wildman–Crippen MR) is 107 cm³/mol. The van der Waals surface area contributed by atoms with Gasteiger partial charge in [-0.1, -0.05) is 36.8 Å². The minimum absolute atomic E-state index is 0.197. The SMILES string of the molecule is COC(=O)C(C)CN(Cc1ccc(C)cc1)C(=O)c1ccc(OC)c(OC)c1. The lowest BCUT2D eigenvalue weighted by molar-refractivity contribution is -0.145. The molecule has 6 nitrogen and oxygen atoms in total. The number of hydrogen-bond donors (Lipinski definition) is 0. The molecule has 2 aromatic carbocycles. The molecule has 0 spiro atoms. The lowest BCUT2D eigenvalue weighted by atomic mass is 10.1.